The molecular weight excluding hydrogens is 375 g/mol. The lowest BCUT2D eigenvalue weighted by Gasteiger charge is -2.14. The first-order valence-electron chi connectivity index (χ1n) is 7.94. The summed E-state index contributed by atoms with van der Waals surface area (Å²) in [5.74, 6) is -2.10. The molecule has 0 saturated heterocycles. The number of hydrogen-bond donors (Lipinski definition) is 2. The number of anilines is 1. The maximum Gasteiger partial charge on any atom is 0.355 e. The molecule has 138 valence electrons. The summed E-state index contributed by atoms with van der Waals surface area (Å²) in [6.07, 6.45) is -1.16. The minimum Gasteiger partial charge on any atom is -0.448 e. The molecule has 1 amide bonds. The molecule has 1 heterocycles. The van der Waals surface area contributed by atoms with Crippen LogP contribution in [-0.4, -0.2) is 23.0 Å². The first kappa shape index (κ1) is 18.6. The Labute approximate surface area is 157 Å². The Kier molecular flexibility index (Phi) is 5.23. The van der Waals surface area contributed by atoms with Crippen LogP contribution in [0.5, 0.6) is 0 Å². The van der Waals surface area contributed by atoms with Gasteiger partial charge in [-0.3, -0.25) is 9.59 Å². The highest BCUT2D eigenvalue weighted by atomic mass is 35.5. The summed E-state index contributed by atoms with van der Waals surface area (Å²) >= 11 is 5.66. The molecule has 1 aromatic heterocycles. The molecule has 0 saturated carbocycles. The number of esters is 1. The van der Waals surface area contributed by atoms with Gasteiger partial charge in [0, 0.05) is 11.1 Å². The third kappa shape index (κ3) is 4.15. The number of pyridine rings is 1. The van der Waals surface area contributed by atoms with Crippen LogP contribution in [0.4, 0.5) is 10.1 Å². The van der Waals surface area contributed by atoms with Gasteiger partial charge in [-0.2, -0.15) is 0 Å². The lowest BCUT2D eigenvalue weighted by atomic mass is 10.1. The van der Waals surface area contributed by atoms with Crippen molar-refractivity contribution in [3.05, 3.63) is 75.4 Å². The van der Waals surface area contributed by atoms with Gasteiger partial charge in [-0.25, -0.2) is 9.18 Å². The van der Waals surface area contributed by atoms with E-state index in [-0.39, 0.29) is 16.4 Å². The van der Waals surface area contributed by atoms with Crippen LogP contribution in [0.15, 0.2) is 53.3 Å². The van der Waals surface area contributed by atoms with Gasteiger partial charge >= 0.3 is 5.97 Å². The molecule has 0 fully saturated rings. The maximum absolute atomic E-state index is 13.2. The molecule has 27 heavy (non-hydrogen) atoms. The third-order valence-electron chi connectivity index (χ3n) is 3.81. The SMILES string of the molecule is C[C@@H](OC(=O)c1cc2ccccc2c(=O)[nH]1)C(=O)Nc1ccc(F)c(Cl)c1. The predicted molar refractivity (Wildman–Crippen MR) is 99.5 cm³/mol. The van der Waals surface area contributed by atoms with E-state index < -0.39 is 29.4 Å². The fraction of sp³-hybridized carbons (Fsp3) is 0.105. The Bertz CT molecular complexity index is 1100. The quantitative estimate of drug-likeness (QED) is 0.669. The Morgan fingerprint density at radius 2 is 1.93 bits per heavy atom. The average molecular weight is 389 g/mol. The number of hydrogen-bond acceptors (Lipinski definition) is 4. The molecule has 0 aliphatic carbocycles. The zero-order valence-corrected chi connectivity index (χ0v) is 14.8. The van der Waals surface area contributed by atoms with Crippen molar-refractivity contribution < 1.29 is 18.7 Å². The van der Waals surface area contributed by atoms with Crippen molar-refractivity contribution in [1.29, 1.82) is 0 Å². The minimum atomic E-state index is -1.16. The van der Waals surface area contributed by atoms with Crippen LogP contribution in [0.1, 0.15) is 17.4 Å². The van der Waals surface area contributed by atoms with Crippen LogP contribution in [0.25, 0.3) is 10.8 Å². The third-order valence-corrected chi connectivity index (χ3v) is 4.10. The number of aromatic nitrogens is 1. The zero-order chi connectivity index (χ0) is 19.6. The topological polar surface area (TPSA) is 88.3 Å². The van der Waals surface area contributed by atoms with Gasteiger partial charge in [0.05, 0.1) is 5.02 Å². The molecule has 0 aliphatic rings. The van der Waals surface area contributed by atoms with Crippen molar-refractivity contribution in [1.82, 2.24) is 4.98 Å². The summed E-state index contributed by atoms with van der Waals surface area (Å²) < 4.78 is 18.3. The van der Waals surface area contributed by atoms with E-state index in [9.17, 15) is 18.8 Å². The molecule has 8 heteroatoms. The number of amides is 1. The largest absolute Gasteiger partial charge is 0.448 e. The van der Waals surface area contributed by atoms with Crippen LogP contribution in [0.3, 0.4) is 0 Å². The highest BCUT2D eigenvalue weighted by Crippen LogP contribution is 2.19. The molecule has 3 rings (SSSR count). The molecule has 2 aromatic carbocycles. The summed E-state index contributed by atoms with van der Waals surface area (Å²) in [6, 6.07) is 11.9. The highest BCUT2D eigenvalue weighted by Gasteiger charge is 2.20. The van der Waals surface area contributed by atoms with Crippen LogP contribution in [-0.2, 0) is 9.53 Å². The first-order chi connectivity index (χ1) is 12.8. The number of aromatic amines is 1. The highest BCUT2D eigenvalue weighted by molar-refractivity contribution is 6.31. The molecule has 1 atom stereocenters. The van der Waals surface area contributed by atoms with Crippen LogP contribution in [0, 0.1) is 5.82 Å². The molecule has 0 bridgehead atoms. The number of fused-ring (bicyclic) bond motifs is 1. The summed E-state index contributed by atoms with van der Waals surface area (Å²) in [5.41, 5.74) is -0.241. The number of rotatable bonds is 4. The molecule has 0 aliphatic heterocycles. The van der Waals surface area contributed by atoms with Crippen molar-refractivity contribution >= 4 is 39.9 Å². The second-order valence-electron chi connectivity index (χ2n) is 5.77. The number of ether oxygens (including phenoxy) is 1. The summed E-state index contributed by atoms with van der Waals surface area (Å²) in [4.78, 5) is 38.9. The summed E-state index contributed by atoms with van der Waals surface area (Å²) in [5, 5.41) is 3.33. The second kappa shape index (κ2) is 7.59. The minimum absolute atomic E-state index is 0.0665. The molecule has 6 nitrogen and oxygen atoms in total. The standard InChI is InChI=1S/C19H14ClFN2O4/c1-10(17(24)22-12-6-7-15(21)14(20)9-12)27-19(26)16-8-11-4-2-3-5-13(11)18(25)23-16/h2-10H,1H3,(H,22,24)(H,23,25)/t10-/m1/s1. The van der Waals surface area contributed by atoms with Crippen LogP contribution >= 0.6 is 11.6 Å². The van der Waals surface area contributed by atoms with Gasteiger partial charge in [0.25, 0.3) is 11.5 Å². The lowest BCUT2D eigenvalue weighted by Crippen LogP contribution is -2.30. The van der Waals surface area contributed by atoms with Crippen molar-refractivity contribution in [3.63, 3.8) is 0 Å². The van der Waals surface area contributed by atoms with Gasteiger partial charge in [-0.05, 0) is 42.6 Å². The van der Waals surface area contributed by atoms with Gasteiger partial charge in [-0.1, -0.05) is 29.8 Å². The number of nitrogens with one attached hydrogen (secondary N) is 2. The zero-order valence-electron chi connectivity index (χ0n) is 14.1. The maximum atomic E-state index is 13.2. The smallest absolute Gasteiger partial charge is 0.355 e. The van der Waals surface area contributed by atoms with E-state index in [1.54, 1.807) is 24.3 Å². The normalized spacial score (nSPS) is 11.8. The molecule has 0 spiro atoms. The van der Waals surface area contributed by atoms with Gasteiger partial charge < -0.3 is 15.0 Å². The number of benzene rings is 2. The number of halogens is 2. The fourth-order valence-corrected chi connectivity index (χ4v) is 2.60. The number of carbonyl (C=O) groups excluding carboxylic acids is 2. The first-order valence-corrected chi connectivity index (χ1v) is 8.32. The van der Waals surface area contributed by atoms with Gasteiger partial charge in [0.2, 0.25) is 0 Å². The van der Waals surface area contributed by atoms with Crippen molar-refractivity contribution in [2.24, 2.45) is 0 Å². The van der Waals surface area contributed by atoms with Crippen LogP contribution in [0.2, 0.25) is 5.02 Å². The summed E-state index contributed by atoms with van der Waals surface area (Å²) in [6.45, 7) is 1.37. The van der Waals surface area contributed by atoms with E-state index in [1.807, 2.05) is 0 Å². The molecule has 0 unspecified atom stereocenters. The van der Waals surface area contributed by atoms with E-state index in [0.717, 1.165) is 6.07 Å². The Balaban J connectivity index is 1.72. The van der Waals surface area contributed by atoms with Gasteiger partial charge in [-0.15, -0.1) is 0 Å². The van der Waals surface area contributed by atoms with Crippen molar-refractivity contribution in [2.75, 3.05) is 5.32 Å². The summed E-state index contributed by atoms with van der Waals surface area (Å²) in [7, 11) is 0. The second-order valence-corrected chi connectivity index (χ2v) is 6.17. The van der Waals surface area contributed by atoms with E-state index in [4.69, 9.17) is 16.3 Å². The fourth-order valence-electron chi connectivity index (χ4n) is 2.42. The van der Waals surface area contributed by atoms with Gasteiger partial charge in [0.15, 0.2) is 6.10 Å². The molecule has 2 N–H and O–H groups in total. The lowest BCUT2D eigenvalue weighted by molar-refractivity contribution is -0.123. The van der Waals surface area contributed by atoms with Gasteiger partial charge in [0.1, 0.15) is 11.5 Å². The average Bonchev–Trinajstić information content (AvgIpc) is 2.64. The van der Waals surface area contributed by atoms with E-state index in [0.29, 0.717) is 10.8 Å². The van der Waals surface area contributed by atoms with Crippen LogP contribution < -0.4 is 10.9 Å². The van der Waals surface area contributed by atoms with Crippen molar-refractivity contribution in [3.8, 4) is 0 Å². The number of H-pyrrole nitrogens is 1. The molecule has 0 radical (unpaired) electrons. The monoisotopic (exact) mass is 388 g/mol. The van der Waals surface area contributed by atoms with E-state index >= 15 is 0 Å². The predicted octanol–water partition coefficient (Wildman–Crippen LogP) is 3.50. The van der Waals surface area contributed by atoms with E-state index in [2.05, 4.69) is 10.3 Å². The van der Waals surface area contributed by atoms with E-state index in [1.165, 1.54) is 25.1 Å². The Hall–Kier alpha value is -3.19. The molecular formula is C19H14ClFN2O4. The Morgan fingerprint density at radius 1 is 1.19 bits per heavy atom. The van der Waals surface area contributed by atoms with Crippen molar-refractivity contribution in [2.45, 2.75) is 13.0 Å². The Morgan fingerprint density at radius 3 is 2.67 bits per heavy atom. The molecule has 3 aromatic rings. The number of carbonyl (C=O) groups is 2.